The number of carbonyl (C=O) groups is 1. The molecule has 162 valence electrons. The van der Waals surface area contributed by atoms with Crippen molar-refractivity contribution in [3.05, 3.63) is 36.3 Å². The summed E-state index contributed by atoms with van der Waals surface area (Å²) in [5, 5.41) is 7.33. The van der Waals surface area contributed by atoms with Gasteiger partial charge in [-0.15, -0.1) is 0 Å². The van der Waals surface area contributed by atoms with Crippen LogP contribution in [0.3, 0.4) is 0 Å². The lowest BCUT2D eigenvalue weighted by molar-refractivity contribution is 0.0344. The van der Waals surface area contributed by atoms with E-state index in [2.05, 4.69) is 20.1 Å². The third kappa shape index (κ3) is 4.90. The summed E-state index contributed by atoms with van der Waals surface area (Å²) in [6.45, 7) is 4.62. The number of ether oxygens (including phenoxy) is 1. The Labute approximate surface area is 178 Å². The van der Waals surface area contributed by atoms with Gasteiger partial charge in [-0.25, -0.2) is 0 Å². The molecule has 1 N–H and O–H groups in total. The van der Waals surface area contributed by atoms with Crippen molar-refractivity contribution in [1.82, 2.24) is 25.0 Å². The third-order valence-electron chi connectivity index (χ3n) is 6.53. The number of hydrogen-bond donors (Lipinski definition) is 1. The summed E-state index contributed by atoms with van der Waals surface area (Å²) < 4.78 is 5.24. The average molecular weight is 412 g/mol. The topological polar surface area (TPSA) is 74.3 Å². The van der Waals surface area contributed by atoms with Gasteiger partial charge in [0, 0.05) is 50.8 Å². The molecule has 2 aliphatic heterocycles. The molecule has 2 fully saturated rings. The molecule has 2 aliphatic rings. The molecular formula is C23H33N5O2. The zero-order valence-corrected chi connectivity index (χ0v) is 17.9. The minimum atomic E-state index is 0.0341. The third-order valence-corrected chi connectivity index (χ3v) is 6.53. The van der Waals surface area contributed by atoms with Crippen LogP contribution >= 0.6 is 0 Å². The molecule has 0 unspecified atom stereocenters. The van der Waals surface area contributed by atoms with Gasteiger partial charge in [0.15, 0.2) is 0 Å². The lowest BCUT2D eigenvalue weighted by Crippen LogP contribution is -2.51. The van der Waals surface area contributed by atoms with Crippen molar-refractivity contribution in [3.8, 4) is 11.3 Å². The second-order valence-electron chi connectivity index (χ2n) is 8.50. The number of rotatable bonds is 8. The van der Waals surface area contributed by atoms with Crippen molar-refractivity contribution in [1.29, 1.82) is 0 Å². The number of H-pyrrole nitrogens is 1. The van der Waals surface area contributed by atoms with E-state index in [1.165, 1.54) is 45.2 Å². The van der Waals surface area contributed by atoms with Gasteiger partial charge >= 0.3 is 0 Å². The quantitative estimate of drug-likeness (QED) is 0.675. The van der Waals surface area contributed by atoms with Crippen molar-refractivity contribution in [2.75, 3.05) is 39.9 Å². The first-order chi connectivity index (χ1) is 14.8. The second kappa shape index (κ2) is 10.2. The molecule has 0 saturated carbocycles. The number of aromatic nitrogens is 3. The molecule has 2 aromatic rings. The van der Waals surface area contributed by atoms with Crippen molar-refractivity contribution >= 4 is 5.91 Å². The molecule has 7 heteroatoms. The van der Waals surface area contributed by atoms with Gasteiger partial charge in [0.1, 0.15) is 5.69 Å². The van der Waals surface area contributed by atoms with E-state index in [-0.39, 0.29) is 5.91 Å². The number of nitrogens with zero attached hydrogens (tertiary/aromatic N) is 4. The number of fused-ring (bicyclic) bond motifs is 1. The smallest absolute Gasteiger partial charge is 0.271 e. The maximum atomic E-state index is 13.4. The Kier molecular flexibility index (Phi) is 7.12. The largest absolute Gasteiger partial charge is 0.385 e. The molecule has 1 amide bonds. The molecule has 2 saturated heterocycles. The number of nitrogens with one attached hydrogen (secondary N) is 1. The van der Waals surface area contributed by atoms with E-state index in [0.717, 1.165) is 24.2 Å². The van der Waals surface area contributed by atoms with Crippen LogP contribution in [0.15, 0.2) is 30.6 Å². The summed E-state index contributed by atoms with van der Waals surface area (Å²) in [5.74, 6) is 0.583. The van der Waals surface area contributed by atoms with Crippen molar-refractivity contribution < 1.29 is 9.53 Å². The van der Waals surface area contributed by atoms with Crippen molar-refractivity contribution in [3.63, 3.8) is 0 Å². The molecule has 4 rings (SSSR count). The highest BCUT2D eigenvalue weighted by molar-refractivity contribution is 5.93. The van der Waals surface area contributed by atoms with E-state index in [1.807, 2.05) is 23.1 Å². The summed E-state index contributed by atoms with van der Waals surface area (Å²) in [6.07, 6.45) is 10.6. The summed E-state index contributed by atoms with van der Waals surface area (Å²) >= 11 is 0. The Balaban J connectivity index is 1.48. The highest BCUT2D eigenvalue weighted by Crippen LogP contribution is 2.31. The minimum Gasteiger partial charge on any atom is -0.385 e. The second-order valence-corrected chi connectivity index (χ2v) is 8.50. The fourth-order valence-electron chi connectivity index (χ4n) is 5.02. The first kappa shape index (κ1) is 21.0. The molecule has 7 nitrogen and oxygen atoms in total. The molecule has 30 heavy (non-hydrogen) atoms. The number of piperidine rings is 2. The van der Waals surface area contributed by atoms with Crippen LogP contribution in [0, 0.1) is 5.92 Å². The van der Waals surface area contributed by atoms with Crippen molar-refractivity contribution in [2.24, 2.45) is 5.92 Å². The SMILES string of the molecule is COCCCN(C[C@@H]1CCCN2CCCC[C@H]12)C(=O)c1cc(-c2ccncc2)n[nH]1. The Bertz CT molecular complexity index is 807. The van der Waals surface area contributed by atoms with E-state index in [0.29, 0.717) is 30.8 Å². The zero-order chi connectivity index (χ0) is 20.8. The average Bonchev–Trinajstić information content (AvgIpc) is 3.29. The van der Waals surface area contributed by atoms with Crippen LogP contribution in [0.4, 0.5) is 0 Å². The molecule has 0 aliphatic carbocycles. The molecule has 0 radical (unpaired) electrons. The normalized spacial score (nSPS) is 21.9. The van der Waals surface area contributed by atoms with Crippen LogP contribution in [0.25, 0.3) is 11.3 Å². The predicted molar refractivity (Wildman–Crippen MR) is 116 cm³/mol. The number of amides is 1. The summed E-state index contributed by atoms with van der Waals surface area (Å²) in [4.78, 5) is 22.1. The highest BCUT2D eigenvalue weighted by Gasteiger charge is 2.35. The zero-order valence-electron chi connectivity index (χ0n) is 17.9. The lowest BCUT2D eigenvalue weighted by Gasteiger charge is -2.45. The molecule has 0 bridgehead atoms. The monoisotopic (exact) mass is 411 g/mol. The highest BCUT2D eigenvalue weighted by atomic mass is 16.5. The summed E-state index contributed by atoms with van der Waals surface area (Å²) in [7, 11) is 1.71. The summed E-state index contributed by atoms with van der Waals surface area (Å²) in [6, 6.07) is 6.29. The molecular weight excluding hydrogens is 378 g/mol. The van der Waals surface area contributed by atoms with Crippen LogP contribution in [0.5, 0.6) is 0 Å². The number of aromatic amines is 1. The van der Waals surface area contributed by atoms with E-state index in [1.54, 1.807) is 19.5 Å². The van der Waals surface area contributed by atoms with Gasteiger partial charge < -0.3 is 14.5 Å². The van der Waals surface area contributed by atoms with Crippen molar-refractivity contribution in [2.45, 2.75) is 44.6 Å². The molecule has 0 spiro atoms. The number of hydrogen-bond acceptors (Lipinski definition) is 5. The van der Waals surface area contributed by atoms with Gasteiger partial charge in [0.25, 0.3) is 5.91 Å². The minimum absolute atomic E-state index is 0.0341. The van der Waals surface area contributed by atoms with Gasteiger partial charge in [0.2, 0.25) is 0 Å². The fraction of sp³-hybridized carbons (Fsp3) is 0.609. The Morgan fingerprint density at radius 1 is 1.23 bits per heavy atom. The van der Waals surface area contributed by atoms with E-state index in [4.69, 9.17) is 4.74 Å². The Morgan fingerprint density at radius 3 is 2.90 bits per heavy atom. The van der Waals surface area contributed by atoms with Crippen LogP contribution in [0.1, 0.15) is 49.0 Å². The van der Waals surface area contributed by atoms with E-state index >= 15 is 0 Å². The number of methoxy groups -OCH3 is 1. The van der Waals surface area contributed by atoms with Crippen LogP contribution in [-0.2, 0) is 4.74 Å². The number of pyridine rings is 1. The summed E-state index contributed by atoms with van der Waals surface area (Å²) in [5.41, 5.74) is 2.28. The first-order valence-corrected chi connectivity index (χ1v) is 11.2. The molecule has 2 aromatic heterocycles. The standard InChI is InChI=1S/C23H33N5O2/c1-30-15-5-14-28(17-19-6-4-13-27-12-3-2-7-22(19)27)23(29)21-16-20(25-26-21)18-8-10-24-11-9-18/h8-11,16,19,22H,2-7,12-15,17H2,1H3,(H,25,26)/t19-,22+/m0/s1. The van der Waals surface area contributed by atoms with Gasteiger partial charge in [-0.1, -0.05) is 6.42 Å². The van der Waals surface area contributed by atoms with Crippen LogP contribution < -0.4 is 0 Å². The van der Waals surface area contributed by atoms with E-state index < -0.39 is 0 Å². The molecule has 2 atom stereocenters. The molecule has 0 aromatic carbocycles. The van der Waals surface area contributed by atoms with Gasteiger partial charge in [-0.2, -0.15) is 5.10 Å². The maximum Gasteiger partial charge on any atom is 0.271 e. The fourth-order valence-corrected chi connectivity index (χ4v) is 5.02. The van der Waals surface area contributed by atoms with Crippen LogP contribution in [-0.4, -0.2) is 76.8 Å². The number of carbonyl (C=O) groups excluding carboxylic acids is 1. The maximum absolute atomic E-state index is 13.4. The molecule has 4 heterocycles. The predicted octanol–water partition coefficient (Wildman–Crippen LogP) is 3.21. The Hall–Kier alpha value is -2.25. The van der Waals surface area contributed by atoms with Crippen LogP contribution in [0.2, 0.25) is 0 Å². The van der Waals surface area contributed by atoms with Gasteiger partial charge in [-0.3, -0.25) is 14.9 Å². The van der Waals surface area contributed by atoms with Gasteiger partial charge in [-0.05, 0) is 69.3 Å². The first-order valence-electron chi connectivity index (χ1n) is 11.2. The van der Waals surface area contributed by atoms with E-state index in [9.17, 15) is 4.79 Å². The lowest BCUT2D eigenvalue weighted by atomic mass is 9.83. The Morgan fingerprint density at radius 2 is 2.07 bits per heavy atom. The van der Waals surface area contributed by atoms with Gasteiger partial charge in [0.05, 0.1) is 5.69 Å².